The zero-order valence-electron chi connectivity index (χ0n) is 13.2. The van der Waals surface area contributed by atoms with Gasteiger partial charge in [-0.05, 0) is 30.3 Å². The van der Waals surface area contributed by atoms with E-state index < -0.39 is 47.2 Å². The summed E-state index contributed by atoms with van der Waals surface area (Å²) in [6, 6.07) is 4.28. The molecule has 0 radical (unpaired) electrons. The minimum Gasteiger partial charge on any atom is -0.488 e. The highest BCUT2D eigenvalue weighted by Crippen LogP contribution is 2.37. The number of rotatable bonds is 5. The van der Waals surface area contributed by atoms with Crippen LogP contribution in [0.2, 0.25) is 0 Å². The number of carbonyl (C=O) groups excluding carboxylic acids is 1. The highest BCUT2D eigenvalue weighted by molar-refractivity contribution is 5.93. The number of ether oxygens (including phenoxy) is 1. The molecule has 0 spiro atoms. The number of aldehydes is 1. The molecule has 0 aliphatic rings. The fourth-order valence-corrected chi connectivity index (χ4v) is 2.21. The number of carboxylic acids is 1. The Bertz CT molecular complexity index is 871. The molecule has 1 N–H and O–H groups in total. The molecule has 0 aromatic heterocycles. The maximum Gasteiger partial charge on any atom is 0.416 e. The molecule has 2 rings (SSSR count). The van der Waals surface area contributed by atoms with Crippen LogP contribution in [-0.2, 0) is 19.0 Å². The zero-order valence-corrected chi connectivity index (χ0v) is 13.2. The molecule has 0 bridgehead atoms. The average Bonchev–Trinajstić information content (AvgIpc) is 2.57. The molecule has 2 aromatic rings. The van der Waals surface area contributed by atoms with E-state index in [-0.39, 0.29) is 17.4 Å². The molecule has 27 heavy (non-hydrogen) atoms. The summed E-state index contributed by atoms with van der Waals surface area (Å²) in [5.74, 6) is -1.82. The van der Waals surface area contributed by atoms with Crippen LogP contribution in [0.3, 0.4) is 0 Å². The van der Waals surface area contributed by atoms with Crippen molar-refractivity contribution in [2.24, 2.45) is 0 Å². The van der Waals surface area contributed by atoms with Gasteiger partial charge in [-0.25, -0.2) is 4.79 Å². The lowest BCUT2D eigenvalue weighted by atomic mass is 10.0. The Kier molecular flexibility index (Phi) is 5.48. The summed E-state index contributed by atoms with van der Waals surface area (Å²) in [5, 5.41) is 9.09. The van der Waals surface area contributed by atoms with Crippen molar-refractivity contribution in [3.63, 3.8) is 0 Å². The number of hydrogen-bond acceptors (Lipinski definition) is 3. The molecule has 0 saturated carbocycles. The van der Waals surface area contributed by atoms with Crippen molar-refractivity contribution in [1.29, 1.82) is 0 Å². The normalized spacial score (nSPS) is 11.9. The molecule has 0 unspecified atom stereocenters. The predicted octanol–water partition coefficient (Wildman–Crippen LogP) is 4.81. The van der Waals surface area contributed by atoms with Crippen LogP contribution >= 0.6 is 0 Å². The number of hydrogen-bond donors (Lipinski definition) is 1. The number of carbonyl (C=O) groups is 2. The number of alkyl halides is 6. The van der Waals surface area contributed by atoms with Gasteiger partial charge in [0.1, 0.15) is 24.2 Å². The summed E-state index contributed by atoms with van der Waals surface area (Å²) < 4.78 is 82.3. The van der Waals surface area contributed by atoms with Gasteiger partial charge in [-0.2, -0.15) is 26.3 Å². The molecule has 0 heterocycles. The van der Waals surface area contributed by atoms with Crippen LogP contribution in [0.1, 0.15) is 37.4 Å². The molecular formula is C17H10F6O4. The second-order valence-electron chi connectivity index (χ2n) is 5.33. The molecule has 4 nitrogen and oxygen atoms in total. The van der Waals surface area contributed by atoms with Gasteiger partial charge in [0.2, 0.25) is 0 Å². The van der Waals surface area contributed by atoms with Crippen LogP contribution in [0.5, 0.6) is 5.75 Å². The molecule has 0 saturated heterocycles. The zero-order chi connectivity index (χ0) is 20.4. The van der Waals surface area contributed by atoms with Gasteiger partial charge in [-0.1, -0.05) is 6.07 Å². The van der Waals surface area contributed by atoms with Crippen molar-refractivity contribution in [3.05, 3.63) is 64.2 Å². The largest absolute Gasteiger partial charge is 0.488 e. The number of aromatic carboxylic acids is 1. The van der Waals surface area contributed by atoms with E-state index in [0.717, 1.165) is 12.1 Å². The minimum absolute atomic E-state index is 0.00487. The van der Waals surface area contributed by atoms with E-state index in [1.165, 1.54) is 6.07 Å². The molecule has 144 valence electrons. The topological polar surface area (TPSA) is 63.6 Å². The average molecular weight is 392 g/mol. The standard InChI is InChI=1S/C17H10F6O4/c18-16(19,20)11-3-2-10(13(6-11)17(21,22)23)8-27-14-4-1-9(7-24)5-12(14)15(25)26/h1-7H,8H2,(H,25,26). The maximum absolute atomic E-state index is 13.1. The van der Waals surface area contributed by atoms with E-state index >= 15 is 0 Å². The van der Waals surface area contributed by atoms with Gasteiger partial charge in [0.05, 0.1) is 11.1 Å². The lowest BCUT2D eigenvalue weighted by Gasteiger charge is -2.17. The fraction of sp³-hybridized carbons (Fsp3) is 0.176. The lowest BCUT2D eigenvalue weighted by molar-refractivity contribution is -0.143. The molecule has 0 atom stereocenters. The Hall–Kier alpha value is -3.04. The van der Waals surface area contributed by atoms with Crippen LogP contribution in [-0.4, -0.2) is 17.4 Å². The summed E-state index contributed by atoms with van der Waals surface area (Å²) in [7, 11) is 0. The van der Waals surface area contributed by atoms with Crippen LogP contribution in [0.25, 0.3) is 0 Å². The van der Waals surface area contributed by atoms with Gasteiger partial charge in [0.25, 0.3) is 0 Å². The number of carboxylic acid groups (broad SMARTS) is 1. The van der Waals surface area contributed by atoms with Gasteiger partial charge in [0, 0.05) is 11.1 Å². The third-order valence-corrected chi connectivity index (χ3v) is 3.50. The first-order valence-corrected chi connectivity index (χ1v) is 7.16. The molecule has 0 fully saturated rings. The third kappa shape index (κ3) is 4.78. The Morgan fingerprint density at radius 1 is 1.00 bits per heavy atom. The minimum atomic E-state index is -5.07. The molecule has 0 aliphatic carbocycles. The van der Waals surface area contributed by atoms with Crippen molar-refractivity contribution in [2.75, 3.05) is 0 Å². The maximum atomic E-state index is 13.1. The van der Waals surface area contributed by atoms with Gasteiger partial charge in [0.15, 0.2) is 0 Å². The first-order chi connectivity index (χ1) is 12.4. The van der Waals surface area contributed by atoms with E-state index in [2.05, 4.69) is 0 Å². The van der Waals surface area contributed by atoms with Crippen LogP contribution in [0.4, 0.5) is 26.3 Å². The molecule has 0 amide bonds. The highest BCUT2D eigenvalue weighted by atomic mass is 19.4. The second-order valence-corrected chi connectivity index (χ2v) is 5.33. The van der Waals surface area contributed by atoms with Crippen molar-refractivity contribution in [3.8, 4) is 5.75 Å². The number of halogens is 6. The Morgan fingerprint density at radius 3 is 2.19 bits per heavy atom. The van der Waals surface area contributed by atoms with Crippen molar-refractivity contribution in [1.82, 2.24) is 0 Å². The monoisotopic (exact) mass is 392 g/mol. The summed E-state index contributed by atoms with van der Waals surface area (Å²) in [6.45, 7) is -0.826. The summed E-state index contributed by atoms with van der Waals surface area (Å²) >= 11 is 0. The van der Waals surface area contributed by atoms with Gasteiger partial charge < -0.3 is 9.84 Å². The quantitative estimate of drug-likeness (QED) is 0.586. The van der Waals surface area contributed by atoms with E-state index in [0.29, 0.717) is 18.4 Å². The smallest absolute Gasteiger partial charge is 0.416 e. The lowest BCUT2D eigenvalue weighted by Crippen LogP contribution is -2.15. The van der Waals surface area contributed by atoms with Gasteiger partial charge >= 0.3 is 18.3 Å². The van der Waals surface area contributed by atoms with Crippen molar-refractivity contribution < 1.29 is 45.8 Å². The van der Waals surface area contributed by atoms with Crippen LogP contribution in [0.15, 0.2) is 36.4 Å². The summed E-state index contributed by atoms with van der Waals surface area (Å²) in [6.07, 6.45) is -9.66. The van der Waals surface area contributed by atoms with Crippen molar-refractivity contribution >= 4 is 12.3 Å². The molecule has 0 aliphatic heterocycles. The highest BCUT2D eigenvalue weighted by Gasteiger charge is 2.38. The van der Waals surface area contributed by atoms with E-state index in [1.54, 1.807) is 0 Å². The SMILES string of the molecule is O=Cc1ccc(OCc2ccc(C(F)(F)F)cc2C(F)(F)F)c(C(=O)O)c1. The summed E-state index contributed by atoms with van der Waals surface area (Å²) in [4.78, 5) is 21.9. The third-order valence-electron chi connectivity index (χ3n) is 3.50. The van der Waals surface area contributed by atoms with Crippen LogP contribution in [0, 0.1) is 0 Å². The molecule has 2 aromatic carbocycles. The van der Waals surface area contributed by atoms with Gasteiger partial charge in [-0.3, -0.25) is 4.79 Å². The predicted molar refractivity (Wildman–Crippen MR) is 79.6 cm³/mol. The Balaban J connectivity index is 2.38. The first-order valence-electron chi connectivity index (χ1n) is 7.16. The number of benzene rings is 2. The Morgan fingerprint density at radius 2 is 1.67 bits per heavy atom. The molecule has 10 heteroatoms. The first kappa shape index (κ1) is 20.3. The van der Waals surface area contributed by atoms with E-state index in [4.69, 9.17) is 9.84 Å². The summed E-state index contributed by atoms with van der Waals surface area (Å²) in [5.41, 5.74) is -4.09. The van der Waals surface area contributed by atoms with E-state index in [9.17, 15) is 35.9 Å². The van der Waals surface area contributed by atoms with Gasteiger partial charge in [-0.15, -0.1) is 0 Å². The second kappa shape index (κ2) is 7.29. The molecular weight excluding hydrogens is 382 g/mol. The Labute approximate surface area is 148 Å². The fourth-order valence-electron chi connectivity index (χ4n) is 2.21. The van der Waals surface area contributed by atoms with E-state index in [1.807, 2.05) is 0 Å². The van der Waals surface area contributed by atoms with Crippen LogP contribution < -0.4 is 4.74 Å². The van der Waals surface area contributed by atoms with Crippen molar-refractivity contribution in [2.45, 2.75) is 19.0 Å².